The quantitative estimate of drug-likeness (QED) is 0.118. The van der Waals surface area contributed by atoms with Crippen LogP contribution >= 0.6 is 0 Å². The Morgan fingerprint density at radius 3 is 2.45 bits per heavy atom. The fraction of sp³-hybridized carbons (Fsp3) is 0.341. The van der Waals surface area contributed by atoms with Crippen molar-refractivity contribution in [1.29, 1.82) is 0 Å². The molecule has 5 N–H and O–H groups in total. The molecule has 0 radical (unpaired) electrons. The van der Waals surface area contributed by atoms with Crippen molar-refractivity contribution in [3.8, 4) is 22.5 Å². The minimum Gasteiger partial charge on any atom is -0.481 e. The van der Waals surface area contributed by atoms with E-state index >= 15 is 0 Å². The van der Waals surface area contributed by atoms with Crippen LogP contribution in [0.25, 0.3) is 22.5 Å². The molecule has 11 heteroatoms. The van der Waals surface area contributed by atoms with E-state index in [1.807, 2.05) is 4.90 Å². The van der Waals surface area contributed by atoms with Gasteiger partial charge in [0.2, 0.25) is 0 Å². The fourth-order valence-corrected chi connectivity index (χ4v) is 8.39. The van der Waals surface area contributed by atoms with Gasteiger partial charge in [-0.25, -0.2) is 8.78 Å². The normalized spacial score (nSPS) is 20.5. The van der Waals surface area contributed by atoms with Gasteiger partial charge >= 0.3 is 5.97 Å². The van der Waals surface area contributed by atoms with E-state index in [0.29, 0.717) is 25.5 Å². The topological polar surface area (TPSA) is 142 Å². The van der Waals surface area contributed by atoms with Crippen molar-refractivity contribution in [3.05, 3.63) is 130 Å². The number of aliphatic hydroxyl groups excluding tert-OH is 1. The molecule has 4 atom stereocenters. The number of hydrogen-bond donors (Lipinski definition) is 4. The molecule has 0 bridgehead atoms. The predicted octanol–water partition coefficient (Wildman–Crippen LogP) is 7.36. The molecule has 2 aliphatic carbocycles. The standard InChI is InChI=1S/C22H25F2N3O5.C22H21N/c23-12-5-6-13(15(24)9-12)20-10-17(26-32-20)21(29)25-16-7-8-27(11-14(16)22(30)31)18-3-1-2-4-19(18)28;1-15-13-20-19-10-6-5-9-17(19)14-21(20)22(23)18(15)12-11-16-7-3-2-4-8-16/h5-6,9-10,14,16,18-19,28H,1-4,7-8,11H2,(H,25,29)(H,30,31);2-10,13H,11-12,14,23H2,1H3/t14-,16-,18-,19-;/m0./s1. The number of nitrogens with two attached hydrogens (primary N) is 1. The largest absolute Gasteiger partial charge is 0.481 e. The first-order chi connectivity index (χ1) is 26.6. The Labute approximate surface area is 319 Å². The number of aryl methyl sites for hydroxylation is 2. The van der Waals surface area contributed by atoms with E-state index in [4.69, 9.17) is 10.3 Å². The van der Waals surface area contributed by atoms with E-state index in [1.165, 1.54) is 51.1 Å². The number of rotatable bonds is 8. The lowest BCUT2D eigenvalue weighted by Gasteiger charge is -2.43. The van der Waals surface area contributed by atoms with Crippen LogP contribution in [-0.2, 0) is 24.1 Å². The van der Waals surface area contributed by atoms with Crippen molar-refractivity contribution in [2.24, 2.45) is 5.92 Å². The third-order valence-corrected chi connectivity index (χ3v) is 11.4. The van der Waals surface area contributed by atoms with Crippen LogP contribution < -0.4 is 11.1 Å². The van der Waals surface area contributed by atoms with Crippen LogP contribution in [0.15, 0.2) is 89.5 Å². The van der Waals surface area contributed by atoms with Crippen molar-refractivity contribution in [1.82, 2.24) is 15.4 Å². The van der Waals surface area contributed by atoms with E-state index in [-0.39, 0.29) is 29.6 Å². The van der Waals surface area contributed by atoms with Gasteiger partial charge in [0.25, 0.3) is 5.91 Å². The summed E-state index contributed by atoms with van der Waals surface area (Å²) in [6.45, 7) is 2.98. The summed E-state index contributed by atoms with van der Waals surface area (Å²) in [7, 11) is 0. The number of fused-ring (bicyclic) bond motifs is 3. The van der Waals surface area contributed by atoms with Gasteiger partial charge in [0, 0.05) is 49.4 Å². The summed E-state index contributed by atoms with van der Waals surface area (Å²) < 4.78 is 32.1. The van der Waals surface area contributed by atoms with Gasteiger partial charge < -0.3 is 25.8 Å². The molecular weight excluding hydrogens is 703 g/mol. The summed E-state index contributed by atoms with van der Waals surface area (Å²) in [5.74, 6) is -4.14. The zero-order valence-corrected chi connectivity index (χ0v) is 30.8. The summed E-state index contributed by atoms with van der Waals surface area (Å²) in [6, 6.07) is 25.1. The zero-order chi connectivity index (χ0) is 38.6. The number of anilines is 1. The van der Waals surface area contributed by atoms with Gasteiger partial charge in [-0.1, -0.05) is 78.7 Å². The second kappa shape index (κ2) is 16.5. The lowest BCUT2D eigenvalue weighted by molar-refractivity contribution is -0.145. The summed E-state index contributed by atoms with van der Waals surface area (Å²) in [5.41, 5.74) is 16.8. The Morgan fingerprint density at radius 2 is 1.69 bits per heavy atom. The number of nitrogens with zero attached hydrogens (tertiary/aromatic N) is 2. The van der Waals surface area contributed by atoms with Gasteiger partial charge in [-0.3, -0.25) is 14.5 Å². The zero-order valence-electron chi connectivity index (χ0n) is 30.8. The highest BCUT2D eigenvalue weighted by Gasteiger charge is 2.40. The number of halogens is 2. The lowest BCUT2D eigenvalue weighted by atomic mass is 9.86. The Balaban J connectivity index is 0.000000178. The number of nitrogen functional groups attached to an aromatic ring is 1. The number of hydrogen-bond acceptors (Lipinski definition) is 7. The third-order valence-electron chi connectivity index (χ3n) is 11.4. The van der Waals surface area contributed by atoms with Crippen LogP contribution in [0.4, 0.5) is 14.5 Å². The first-order valence-corrected chi connectivity index (χ1v) is 19.0. The van der Waals surface area contributed by atoms with Crippen molar-refractivity contribution < 1.29 is 33.1 Å². The molecule has 1 saturated heterocycles. The number of piperidine rings is 1. The van der Waals surface area contributed by atoms with E-state index in [1.54, 1.807) is 0 Å². The first-order valence-electron chi connectivity index (χ1n) is 19.0. The molecule has 1 aliphatic heterocycles. The van der Waals surface area contributed by atoms with Crippen LogP contribution in [0.5, 0.6) is 0 Å². The molecule has 1 aromatic heterocycles. The summed E-state index contributed by atoms with van der Waals surface area (Å²) in [6.07, 6.45) is 6.45. The minimum atomic E-state index is -1.03. The van der Waals surface area contributed by atoms with E-state index in [2.05, 4.69) is 78.1 Å². The molecule has 9 nitrogen and oxygen atoms in total. The Hall–Kier alpha value is -5.39. The molecule has 1 amide bonds. The molecule has 5 aromatic rings. The van der Waals surface area contributed by atoms with Crippen molar-refractivity contribution in [2.75, 3.05) is 18.8 Å². The number of benzene rings is 4. The minimum absolute atomic E-state index is 0.0384. The number of amides is 1. The molecule has 3 aliphatic rings. The number of likely N-dealkylation sites (tertiary alicyclic amines) is 1. The number of aromatic nitrogens is 1. The number of carboxylic acid groups (broad SMARTS) is 1. The highest BCUT2D eigenvalue weighted by molar-refractivity contribution is 5.93. The maximum absolute atomic E-state index is 14.0. The van der Waals surface area contributed by atoms with Gasteiger partial charge in [0.15, 0.2) is 11.5 Å². The van der Waals surface area contributed by atoms with Crippen LogP contribution in [0.1, 0.15) is 70.4 Å². The Morgan fingerprint density at radius 1 is 0.927 bits per heavy atom. The third kappa shape index (κ3) is 8.33. The summed E-state index contributed by atoms with van der Waals surface area (Å²) >= 11 is 0. The smallest absolute Gasteiger partial charge is 0.309 e. The van der Waals surface area contributed by atoms with Crippen LogP contribution in [-0.4, -0.2) is 63.4 Å². The molecule has 0 spiro atoms. The number of nitrogens with one attached hydrogen (secondary N) is 1. The van der Waals surface area contributed by atoms with Crippen LogP contribution in [0, 0.1) is 24.5 Å². The van der Waals surface area contributed by atoms with Gasteiger partial charge in [-0.15, -0.1) is 0 Å². The Kier molecular flexibility index (Phi) is 11.4. The maximum atomic E-state index is 14.0. The molecule has 4 aromatic carbocycles. The highest BCUT2D eigenvalue weighted by Crippen LogP contribution is 2.42. The molecule has 8 rings (SSSR count). The molecule has 55 heavy (non-hydrogen) atoms. The predicted molar refractivity (Wildman–Crippen MR) is 206 cm³/mol. The number of carbonyl (C=O) groups is 2. The molecule has 1 saturated carbocycles. The van der Waals surface area contributed by atoms with Gasteiger partial charge in [0.1, 0.15) is 11.6 Å². The lowest BCUT2D eigenvalue weighted by Crippen LogP contribution is -2.58. The van der Waals surface area contributed by atoms with Crippen molar-refractivity contribution >= 4 is 17.6 Å². The number of aliphatic hydroxyl groups is 1. The average molecular weight is 749 g/mol. The second-order valence-corrected chi connectivity index (χ2v) is 14.9. The van der Waals surface area contributed by atoms with Gasteiger partial charge in [-0.2, -0.15) is 0 Å². The van der Waals surface area contributed by atoms with Crippen LogP contribution in [0.2, 0.25) is 0 Å². The first kappa shape index (κ1) is 37.9. The Bertz CT molecular complexity index is 2170. The van der Waals surface area contributed by atoms with Crippen molar-refractivity contribution in [3.63, 3.8) is 0 Å². The highest BCUT2D eigenvalue weighted by atomic mass is 19.1. The second-order valence-electron chi connectivity index (χ2n) is 14.9. The molecular formula is C44H46F2N4O5. The van der Waals surface area contributed by atoms with E-state index in [0.717, 1.165) is 50.3 Å². The molecule has 2 fully saturated rings. The molecule has 2 heterocycles. The monoisotopic (exact) mass is 748 g/mol. The van der Waals surface area contributed by atoms with E-state index in [9.17, 15) is 28.6 Å². The fourth-order valence-electron chi connectivity index (χ4n) is 8.39. The summed E-state index contributed by atoms with van der Waals surface area (Å²) in [4.78, 5) is 26.6. The number of aliphatic carboxylic acids is 1. The average Bonchev–Trinajstić information content (AvgIpc) is 3.82. The number of carbonyl (C=O) groups excluding carboxylic acids is 1. The summed E-state index contributed by atoms with van der Waals surface area (Å²) in [5, 5.41) is 26.4. The van der Waals surface area contributed by atoms with Gasteiger partial charge in [0.05, 0.1) is 17.6 Å². The molecule has 0 unspecified atom stereocenters. The van der Waals surface area contributed by atoms with Crippen molar-refractivity contribution in [2.45, 2.75) is 76.5 Å². The SMILES string of the molecule is Cc1cc2c(c(N)c1CCc1ccccc1)Cc1ccccc1-2.O=C(N[C@H]1CCN([C@H]2CCCC[C@@H]2O)C[C@@H]1C(=O)O)c1cc(-c2ccc(F)cc2F)on1. The molecule has 286 valence electrons. The van der Waals surface area contributed by atoms with Crippen LogP contribution in [0.3, 0.4) is 0 Å². The maximum Gasteiger partial charge on any atom is 0.309 e. The van der Waals surface area contributed by atoms with Gasteiger partial charge in [-0.05, 0) is 90.1 Å². The van der Waals surface area contributed by atoms with E-state index < -0.39 is 41.6 Å². The number of carboxylic acids is 1.